The van der Waals surface area contributed by atoms with Gasteiger partial charge in [0.25, 0.3) is 5.91 Å². The summed E-state index contributed by atoms with van der Waals surface area (Å²) in [4.78, 5) is 28.8. The number of aliphatic carboxylic acids is 1. The summed E-state index contributed by atoms with van der Waals surface area (Å²) in [5, 5.41) is 15.6. The highest BCUT2D eigenvalue weighted by atomic mass is 16.4. The van der Waals surface area contributed by atoms with Crippen LogP contribution in [0.3, 0.4) is 0 Å². The van der Waals surface area contributed by atoms with Gasteiger partial charge in [-0.15, -0.1) is 5.10 Å². The Morgan fingerprint density at radius 1 is 1.50 bits per heavy atom. The van der Waals surface area contributed by atoms with Crippen molar-refractivity contribution < 1.29 is 14.7 Å². The Morgan fingerprint density at radius 2 is 2.22 bits per heavy atom. The molecule has 1 aromatic heterocycles. The van der Waals surface area contributed by atoms with Gasteiger partial charge in [-0.3, -0.25) is 14.7 Å². The first-order valence-electron chi connectivity index (χ1n) is 5.84. The monoisotopic (exact) mass is 252 g/mol. The number of nitrogens with zero attached hydrogens (tertiary/aromatic N) is 3. The quantitative estimate of drug-likeness (QED) is 0.795. The van der Waals surface area contributed by atoms with Crippen LogP contribution in [0, 0.1) is 12.3 Å². The minimum Gasteiger partial charge on any atom is -0.481 e. The average Bonchev–Trinajstić information content (AvgIpc) is 2.75. The molecule has 1 atom stereocenters. The maximum atomic E-state index is 12.1. The summed E-state index contributed by atoms with van der Waals surface area (Å²) >= 11 is 0. The van der Waals surface area contributed by atoms with Gasteiger partial charge in [-0.25, -0.2) is 4.98 Å². The molecule has 2 N–H and O–H groups in total. The number of carbonyl (C=O) groups excluding carboxylic acids is 1. The van der Waals surface area contributed by atoms with Crippen LogP contribution in [0.15, 0.2) is 0 Å². The van der Waals surface area contributed by atoms with Crippen LogP contribution in [0.1, 0.15) is 36.2 Å². The van der Waals surface area contributed by atoms with Crippen LogP contribution in [0.5, 0.6) is 0 Å². The van der Waals surface area contributed by atoms with Crippen molar-refractivity contribution in [3.63, 3.8) is 0 Å². The smallest absolute Gasteiger partial charge is 0.311 e. The van der Waals surface area contributed by atoms with Crippen molar-refractivity contribution in [2.75, 3.05) is 13.1 Å². The van der Waals surface area contributed by atoms with Gasteiger partial charge in [0.05, 0.1) is 5.41 Å². The maximum Gasteiger partial charge on any atom is 0.311 e. The highest BCUT2D eigenvalue weighted by molar-refractivity contribution is 5.91. The molecule has 1 aliphatic rings. The Morgan fingerprint density at radius 3 is 2.78 bits per heavy atom. The number of carboxylic acid groups (broad SMARTS) is 1. The van der Waals surface area contributed by atoms with Crippen LogP contribution in [0.2, 0.25) is 0 Å². The molecule has 2 heterocycles. The van der Waals surface area contributed by atoms with E-state index in [0.29, 0.717) is 25.2 Å². The van der Waals surface area contributed by atoms with Gasteiger partial charge >= 0.3 is 5.97 Å². The Balaban J connectivity index is 2.14. The second-order valence-corrected chi connectivity index (χ2v) is 4.94. The number of hydrogen-bond acceptors (Lipinski definition) is 4. The van der Waals surface area contributed by atoms with E-state index in [1.165, 1.54) is 4.90 Å². The molecular weight excluding hydrogens is 236 g/mol. The predicted octanol–water partition coefficient (Wildman–Crippen LogP) is 0.440. The second-order valence-electron chi connectivity index (χ2n) is 4.94. The molecule has 1 aliphatic heterocycles. The lowest BCUT2D eigenvalue weighted by Gasteiger charge is -2.36. The van der Waals surface area contributed by atoms with E-state index >= 15 is 0 Å². The minimum atomic E-state index is -0.876. The Labute approximate surface area is 104 Å². The largest absolute Gasteiger partial charge is 0.481 e. The van der Waals surface area contributed by atoms with E-state index in [4.69, 9.17) is 0 Å². The van der Waals surface area contributed by atoms with Crippen molar-refractivity contribution in [2.45, 2.75) is 26.7 Å². The number of piperidine rings is 1. The lowest BCUT2D eigenvalue weighted by Crippen LogP contribution is -2.48. The maximum absolute atomic E-state index is 12.1. The van der Waals surface area contributed by atoms with Crippen LogP contribution in [0.4, 0.5) is 0 Å². The number of nitrogens with one attached hydrogen (secondary N) is 1. The number of likely N-dealkylation sites (tertiary alicyclic amines) is 1. The first kappa shape index (κ1) is 12.5. The topological polar surface area (TPSA) is 99.2 Å². The fraction of sp³-hybridized carbons (Fsp3) is 0.636. The van der Waals surface area contributed by atoms with Crippen molar-refractivity contribution in [1.82, 2.24) is 20.1 Å². The molecule has 1 aromatic rings. The lowest BCUT2D eigenvalue weighted by molar-refractivity contribution is -0.150. The number of rotatable bonds is 2. The van der Waals surface area contributed by atoms with Crippen molar-refractivity contribution in [1.29, 1.82) is 0 Å². The van der Waals surface area contributed by atoms with Gasteiger partial charge < -0.3 is 10.0 Å². The van der Waals surface area contributed by atoms with Gasteiger partial charge in [-0.2, -0.15) is 0 Å². The zero-order valence-corrected chi connectivity index (χ0v) is 10.4. The van der Waals surface area contributed by atoms with Crippen LogP contribution >= 0.6 is 0 Å². The molecule has 0 aliphatic carbocycles. The SMILES string of the molecule is Cc1nc(C(=O)N2CCCC(C)(C(=O)O)C2)n[nH]1. The van der Waals surface area contributed by atoms with E-state index in [0.717, 1.165) is 0 Å². The van der Waals surface area contributed by atoms with Crippen molar-refractivity contribution in [3.05, 3.63) is 11.6 Å². The first-order chi connectivity index (χ1) is 8.42. The van der Waals surface area contributed by atoms with Crippen molar-refractivity contribution in [2.24, 2.45) is 5.41 Å². The molecule has 1 saturated heterocycles. The molecule has 0 spiro atoms. The molecule has 0 bridgehead atoms. The number of carbonyl (C=O) groups is 2. The van der Waals surface area contributed by atoms with Gasteiger partial charge in [0, 0.05) is 13.1 Å². The number of aryl methyl sites for hydroxylation is 1. The predicted molar refractivity (Wildman–Crippen MR) is 62.0 cm³/mol. The summed E-state index contributed by atoms with van der Waals surface area (Å²) in [5.74, 6) is -0.517. The third kappa shape index (κ3) is 2.20. The Kier molecular flexibility index (Phi) is 3.06. The van der Waals surface area contributed by atoms with Crippen LogP contribution in [0.25, 0.3) is 0 Å². The molecule has 2 rings (SSSR count). The van der Waals surface area contributed by atoms with Crippen LogP contribution in [-0.2, 0) is 4.79 Å². The van der Waals surface area contributed by atoms with E-state index in [2.05, 4.69) is 15.2 Å². The molecule has 98 valence electrons. The van der Waals surface area contributed by atoms with Gasteiger partial charge in [-0.05, 0) is 26.7 Å². The molecule has 0 radical (unpaired) electrons. The zero-order valence-electron chi connectivity index (χ0n) is 10.4. The third-order valence-electron chi connectivity index (χ3n) is 3.29. The molecule has 18 heavy (non-hydrogen) atoms. The van der Waals surface area contributed by atoms with E-state index < -0.39 is 11.4 Å². The molecule has 0 saturated carbocycles. The highest BCUT2D eigenvalue weighted by Crippen LogP contribution is 2.30. The molecule has 1 unspecified atom stereocenters. The molecular formula is C11H16N4O3. The van der Waals surface area contributed by atoms with E-state index in [9.17, 15) is 14.7 Å². The number of carboxylic acids is 1. The molecule has 0 aromatic carbocycles. The van der Waals surface area contributed by atoms with Crippen LogP contribution in [-0.4, -0.2) is 50.2 Å². The summed E-state index contributed by atoms with van der Waals surface area (Å²) in [7, 11) is 0. The third-order valence-corrected chi connectivity index (χ3v) is 3.29. The number of aromatic nitrogens is 3. The minimum absolute atomic E-state index is 0.0992. The molecule has 1 fully saturated rings. The fourth-order valence-corrected chi connectivity index (χ4v) is 2.17. The summed E-state index contributed by atoms with van der Waals surface area (Å²) < 4.78 is 0. The lowest BCUT2D eigenvalue weighted by atomic mass is 9.82. The fourth-order valence-electron chi connectivity index (χ4n) is 2.17. The summed E-state index contributed by atoms with van der Waals surface area (Å²) in [6, 6.07) is 0. The molecule has 7 nitrogen and oxygen atoms in total. The van der Waals surface area contributed by atoms with E-state index in [1.807, 2.05) is 0 Å². The van der Waals surface area contributed by atoms with E-state index in [-0.39, 0.29) is 18.3 Å². The van der Waals surface area contributed by atoms with E-state index in [1.54, 1.807) is 13.8 Å². The van der Waals surface area contributed by atoms with Gasteiger partial charge in [0.15, 0.2) is 0 Å². The average molecular weight is 252 g/mol. The number of aromatic amines is 1. The Hall–Kier alpha value is -1.92. The zero-order chi connectivity index (χ0) is 13.3. The number of H-pyrrole nitrogens is 1. The normalized spacial score (nSPS) is 24.0. The Bertz CT molecular complexity index is 484. The van der Waals surface area contributed by atoms with Crippen LogP contribution < -0.4 is 0 Å². The van der Waals surface area contributed by atoms with Gasteiger partial charge in [0.2, 0.25) is 5.82 Å². The van der Waals surface area contributed by atoms with Gasteiger partial charge in [-0.1, -0.05) is 0 Å². The number of hydrogen-bond donors (Lipinski definition) is 2. The van der Waals surface area contributed by atoms with Gasteiger partial charge in [0.1, 0.15) is 5.82 Å². The molecule has 7 heteroatoms. The van der Waals surface area contributed by atoms with Crippen molar-refractivity contribution >= 4 is 11.9 Å². The first-order valence-corrected chi connectivity index (χ1v) is 5.84. The highest BCUT2D eigenvalue weighted by Gasteiger charge is 2.40. The summed E-state index contributed by atoms with van der Waals surface area (Å²) in [6.07, 6.45) is 1.26. The number of amides is 1. The summed E-state index contributed by atoms with van der Waals surface area (Å²) in [5.41, 5.74) is -0.876. The van der Waals surface area contributed by atoms with Crippen molar-refractivity contribution in [3.8, 4) is 0 Å². The standard InChI is InChI=1S/C11H16N4O3/c1-7-12-8(14-13-7)9(16)15-5-3-4-11(2,6-15)10(17)18/h3-6H2,1-2H3,(H,17,18)(H,12,13,14). The second kappa shape index (κ2) is 4.40. The molecule has 1 amide bonds. The summed E-state index contributed by atoms with van der Waals surface area (Å²) in [6.45, 7) is 4.13.